The minimum absolute atomic E-state index is 0.00476. The second kappa shape index (κ2) is 11.0. The van der Waals surface area contributed by atoms with E-state index in [2.05, 4.69) is 15.3 Å². The van der Waals surface area contributed by atoms with Crippen molar-refractivity contribution in [1.29, 1.82) is 0 Å². The maximum Gasteiger partial charge on any atom is 0.251 e. The summed E-state index contributed by atoms with van der Waals surface area (Å²) in [7, 11) is 0. The third-order valence-electron chi connectivity index (χ3n) is 8.11. The molecule has 0 bridgehead atoms. The lowest BCUT2D eigenvalue weighted by molar-refractivity contribution is -0.123. The summed E-state index contributed by atoms with van der Waals surface area (Å²) in [6, 6.07) is 18.2. The van der Waals surface area contributed by atoms with Gasteiger partial charge in [-0.25, -0.2) is 9.37 Å². The molecule has 10 heteroatoms. The van der Waals surface area contributed by atoms with Crippen LogP contribution in [0.2, 0.25) is 0 Å². The standard InChI is InChI=1S/C34H33FN4O5/c1-19-5-4-6-26(38-19)24-14-9-21(15-27(24)44-23-12-13-23)31(40)37-17-34(3,42)28-16-25-30(43-18-33(25,2)32(36)41)29(39-28)20-7-10-22(35)11-8-20/h4-11,14-16,23,42H,12-13,17-18H2,1-3H3,(H2,36,41)(H,37,40)/t33-,34-/m0/s1. The van der Waals surface area contributed by atoms with E-state index in [1.54, 1.807) is 37.3 Å². The van der Waals surface area contributed by atoms with Gasteiger partial charge in [0.2, 0.25) is 5.91 Å². The highest BCUT2D eigenvalue weighted by Gasteiger charge is 2.45. The number of aliphatic hydroxyl groups is 1. The van der Waals surface area contributed by atoms with Crippen molar-refractivity contribution in [2.75, 3.05) is 13.2 Å². The lowest BCUT2D eigenvalue weighted by atomic mass is 9.82. The van der Waals surface area contributed by atoms with Gasteiger partial charge in [0.05, 0.1) is 24.0 Å². The number of nitrogens with two attached hydrogens (primary N) is 1. The highest BCUT2D eigenvalue weighted by Crippen LogP contribution is 2.45. The zero-order valence-electron chi connectivity index (χ0n) is 24.7. The van der Waals surface area contributed by atoms with E-state index in [-0.39, 0.29) is 24.9 Å². The molecule has 44 heavy (non-hydrogen) atoms. The molecule has 4 N–H and O–H groups in total. The van der Waals surface area contributed by atoms with Crippen molar-refractivity contribution in [3.05, 3.63) is 95.1 Å². The molecule has 226 valence electrons. The van der Waals surface area contributed by atoms with Crippen molar-refractivity contribution >= 4 is 11.8 Å². The van der Waals surface area contributed by atoms with Gasteiger partial charge in [0, 0.05) is 27.9 Å². The molecule has 4 aromatic rings. The zero-order valence-corrected chi connectivity index (χ0v) is 24.7. The van der Waals surface area contributed by atoms with E-state index < -0.39 is 28.6 Å². The average Bonchev–Trinajstić information content (AvgIpc) is 3.75. The number of fused-ring (bicyclic) bond motifs is 1. The molecule has 3 heterocycles. The van der Waals surface area contributed by atoms with Crippen molar-refractivity contribution in [2.24, 2.45) is 5.73 Å². The highest BCUT2D eigenvalue weighted by atomic mass is 19.1. The number of carbonyl (C=O) groups is 2. The van der Waals surface area contributed by atoms with Gasteiger partial charge in [0.15, 0.2) is 0 Å². The second-order valence-electron chi connectivity index (χ2n) is 11.9. The van der Waals surface area contributed by atoms with Crippen LogP contribution in [0.25, 0.3) is 22.5 Å². The number of nitrogens with zero attached hydrogens (tertiary/aromatic N) is 2. The molecular formula is C34H33FN4O5. The van der Waals surface area contributed by atoms with E-state index in [9.17, 15) is 19.1 Å². The van der Waals surface area contributed by atoms with Crippen LogP contribution in [0, 0.1) is 12.7 Å². The van der Waals surface area contributed by atoms with E-state index >= 15 is 0 Å². The molecule has 1 aliphatic carbocycles. The van der Waals surface area contributed by atoms with Gasteiger partial charge in [0.1, 0.15) is 40.6 Å². The zero-order chi connectivity index (χ0) is 31.2. The van der Waals surface area contributed by atoms with E-state index in [1.807, 2.05) is 31.2 Å². The third kappa shape index (κ3) is 5.60. The molecule has 1 fully saturated rings. The Kier molecular flexibility index (Phi) is 7.33. The molecule has 2 amide bonds. The minimum Gasteiger partial charge on any atom is -0.490 e. The van der Waals surface area contributed by atoms with Crippen LogP contribution < -0.4 is 20.5 Å². The number of rotatable bonds is 9. The van der Waals surface area contributed by atoms with E-state index in [0.29, 0.717) is 33.9 Å². The third-order valence-corrected chi connectivity index (χ3v) is 8.11. The fraction of sp³-hybridized carbons (Fsp3) is 0.294. The normalized spacial score (nSPS) is 18.6. The maximum atomic E-state index is 13.7. The number of halogens is 1. The number of primary amides is 1. The molecule has 2 aromatic heterocycles. The number of ether oxygens (including phenoxy) is 2. The molecule has 0 radical (unpaired) electrons. The quantitative estimate of drug-likeness (QED) is 0.257. The summed E-state index contributed by atoms with van der Waals surface area (Å²) >= 11 is 0. The fourth-order valence-electron chi connectivity index (χ4n) is 5.14. The number of aromatic nitrogens is 2. The Morgan fingerprint density at radius 1 is 1.14 bits per heavy atom. The van der Waals surface area contributed by atoms with Gasteiger partial charge in [-0.05, 0) is 94.3 Å². The first-order valence-electron chi connectivity index (χ1n) is 14.4. The molecule has 6 rings (SSSR count). The Bertz CT molecular complexity index is 1770. The Labute approximate surface area is 254 Å². The number of nitrogens with one attached hydrogen (secondary N) is 1. The number of pyridine rings is 2. The summed E-state index contributed by atoms with van der Waals surface area (Å²) in [4.78, 5) is 35.1. The SMILES string of the molecule is Cc1cccc(-c2ccc(C(=O)NC[C@](C)(O)c3cc4c(c(-c5ccc(F)cc5)n3)OC[C@]4(C)C(N)=O)cc2OC2CC2)n1. The summed E-state index contributed by atoms with van der Waals surface area (Å²) in [6.45, 7) is 4.89. The summed E-state index contributed by atoms with van der Waals surface area (Å²) in [5, 5.41) is 14.4. The van der Waals surface area contributed by atoms with Gasteiger partial charge in [-0.3, -0.25) is 14.6 Å². The molecule has 9 nitrogen and oxygen atoms in total. The molecule has 2 aromatic carbocycles. The van der Waals surface area contributed by atoms with E-state index in [0.717, 1.165) is 29.8 Å². The first-order chi connectivity index (χ1) is 20.9. The summed E-state index contributed by atoms with van der Waals surface area (Å²) in [6.07, 6.45) is 2.01. The molecule has 1 saturated carbocycles. The average molecular weight is 597 g/mol. The van der Waals surface area contributed by atoms with Crippen molar-refractivity contribution in [3.63, 3.8) is 0 Å². The van der Waals surface area contributed by atoms with Crippen LogP contribution in [-0.4, -0.2) is 46.1 Å². The minimum atomic E-state index is -1.67. The number of hydrogen-bond donors (Lipinski definition) is 3. The lowest BCUT2D eigenvalue weighted by Crippen LogP contribution is -2.41. The maximum absolute atomic E-state index is 13.7. The topological polar surface area (TPSA) is 137 Å². The summed E-state index contributed by atoms with van der Waals surface area (Å²) < 4.78 is 25.7. The molecule has 0 unspecified atom stereocenters. The number of benzene rings is 2. The van der Waals surface area contributed by atoms with Gasteiger partial charge in [-0.2, -0.15) is 0 Å². The summed E-state index contributed by atoms with van der Waals surface area (Å²) in [5.74, 6) is -0.527. The van der Waals surface area contributed by atoms with Crippen LogP contribution in [0.4, 0.5) is 4.39 Å². The molecular weight excluding hydrogens is 563 g/mol. The predicted molar refractivity (Wildman–Crippen MR) is 162 cm³/mol. The molecule has 2 aliphatic rings. The van der Waals surface area contributed by atoms with Crippen LogP contribution in [-0.2, 0) is 15.8 Å². The van der Waals surface area contributed by atoms with Gasteiger partial charge in [-0.15, -0.1) is 0 Å². The molecule has 0 saturated heterocycles. The van der Waals surface area contributed by atoms with E-state index in [4.69, 9.17) is 15.2 Å². The monoisotopic (exact) mass is 596 g/mol. The molecule has 2 atom stereocenters. The number of carbonyl (C=O) groups excluding carboxylic acids is 2. The summed E-state index contributed by atoms with van der Waals surface area (Å²) in [5.41, 5.74) is 7.20. The Hall–Kier alpha value is -4.83. The van der Waals surface area contributed by atoms with Gasteiger partial charge < -0.3 is 25.6 Å². The molecule has 1 aliphatic heterocycles. The number of amides is 2. The lowest BCUT2D eigenvalue weighted by Gasteiger charge is -2.26. The van der Waals surface area contributed by atoms with E-state index in [1.165, 1.54) is 19.1 Å². The first kappa shape index (κ1) is 29.3. The van der Waals surface area contributed by atoms with Gasteiger partial charge in [-0.1, -0.05) is 6.07 Å². The van der Waals surface area contributed by atoms with Crippen LogP contribution >= 0.6 is 0 Å². The van der Waals surface area contributed by atoms with Crippen molar-refractivity contribution in [1.82, 2.24) is 15.3 Å². The number of aryl methyl sites for hydroxylation is 1. The van der Waals surface area contributed by atoms with Crippen LogP contribution in [0.1, 0.15) is 54.0 Å². The Balaban J connectivity index is 1.29. The highest BCUT2D eigenvalue weighted by molar-refractivity contribution is 5.95. The first-order valence-corrected chi connectivity index (χ1v) is 14.4. The van der Waals surface area contributed by atoms with Crippen molar-refractivity contribution in [3.8, 4) is 34.0 Å². The van der Waals surface area contributed by atoms with Crippen LogP contribution in [0.5, 0.6) is 11.5 Å². The predicted octanol–water partition coefficient (Wildman–Crippen LogP) is 4.57. The fourth-order valence-corrected chi connectivity index (χ4v) is 5.14. The van der Waals surface area contributed by atoms with Gasteiger partial charge in [0.25, 0.3) is 5.91 Å². The Morgan fingerprint density at radius 3 is 2.57 bits per heavy atom. The Morgan fingerprint density at radius 2 is 1.89 bits per heavy atom. The smallest absolute Gasteiger partial charge is 0.251 e. The van der Waals surface area contributed by atoms with Crippen LogP contribution in [0.3, 0.4) is 0 Å². The van der Waals surface area contributed by atoms with Crippen molar-refractivity contribution < 1.29 is 28.6 Å². The molecule has 0 spiro atoms. The van der Waals surface area contributed by atoms with Crippen LogP contribution in [0.15, 0.2) is 66.7 Å². The van der Waals surface area contributed by atoms with Crippen molar-refractivity contribution in [2.45, 2.75) is 50.7 Å². The van der Waals surface area contributed by atoms with Gasteiger partial charge >= 0.3 is 0 Å². The largest absolute Gasteiger partial charge is 0.490 e. The number of hydrogen-bond acceptors (Lipinski definition) is 7. The second-order valence-corrected chi connectivity index (χ2v) is 11.9.